The van der Waals surface area contributed by atoms with Crippen molar-refractivity contribution in [2.75, 3.05) is 6.61 Å². The Morgan fingerprint density at radius 3 is 2.14 bits per heavy atom. The average molecular weight is 535 g/mol. The molecule has 4 aromatic rings. The van der Waals surface area contributed by atoms with E-state index < -0.39 is 26.0 Å². The van der Waals surface area contributed by atoms with Crippen molar-refractivity contribution in [1.82, 2.24) is 3.97 Å². The number of carbonyl (C=O) groups excluding carboxylic acids is 1. The van der Waals surface area contributed by atoms with Gasteiger partial charge in [-0.25, -0.2) is 30.7 Å². The van der Waals surface area contributed by atoms with E-state index in [0.29, 0.717) is 15.9 Å². The molecule has 0 amide bonds. The summed E-state index contributed by atoms with van der Waals surface area (Å²) in [5.74, 6) is -0.704. The van der Waals surface area contributed by atoms with Crippen molar-refractivity contribution in [2.45, 2.75) is 23.6 Å². The predicted molar refractivity (Wildman–Crippen MR) is 134 cm³/mol. The number of halogens is 1. The van der Waals surface area contributed by atoms with E-state index in [1.807, 2.05) is 13.0 Å². The first-order valence-electron chi connectivity index (χ1n) is 10.3. The molecule has 0 saturated heterocycles. The summed E-state index contributed by atoms with van der Waals surface area (Å²) in [6.07, 6.45) is 0. The maximum atomic E-state index is 13.0. The highest BCUT2D eigenvalue weighted by Crippen LogP contribution is 2.28. The summed E-state index contributed by atoms with van der Waals surface area (Å²) >= 11 is 5.98. The lowest BCUT2D eigenvalue weighted by atomic mass is 10.2. The number of hydrogen-bond donors (Lipinski definition) is 1. The summed E-state index contributed by atoms with van der Waals surface area (Å²) < 4.78 is 53.6. The number of sulfonamides is 1. The number of aryl methyl sites for hydroxylation is 1. The Kier molecular flexibility index (Phi) is 8.01. The van der Waals surface area contributed by atoms with E-state index in [2.05, 4.69) is 0 Å². The van der Waals surface area contributed by atoms with Crippen LogP contribution in [0.4, 0.5) is 0 Å². The van der Waals surface area contributed by atoms with E-state index in [4.69, 9.17) is 21.5 Å². The van der Waals surface area contributed by atoms with Crippen LogP contribution in [-0.4, -0.2) is 33.4 Å². The number of carbonyl (C=O) groups is 1. The lowest BCUT2D eigenvalue weighted by Crippen LogP contribution is -2.19. The van der Waals surface area contributed by atoms with Gasteiger partial charge in [0, 0.05) is 10.4 Å². The highest BCUT2D eigenvalue weighted by atomic mass is 35.5. The van der Waals surface area contributed by atoms with Crippen molar-refractivity contribution in [3.63, 3.8) is 0 Å². The second-order valence-electron chi connectivity index (χ2n) is 7.40. The van der Waals surface area contributed by atoms with Crippen LogP contribution < -0.4 is 5.14 Å². The topological polar surface area (TPSA) is 126 Å². The minimum absolute atomic E-state index is 0.0574. The van der Waals surface area contributed by atoms with Gasteiger partial charge < -0.3 is 4.74 Å². The lowest BCUT2D eigenvalue weighted by Gasteiger charge is -2.11. The normalized spacial score (nSPS) is 11.5. The first-order valence-corrected chi connectivity index (χ1v) is 13.7. The Morgan fingerprint density at radius 2 is 1.57 bits per heavy atom. The van der Waals surface area contributed by atoms with Crippen molar-refractivity contribution in [3.8, 4) is 0 Å². The zero-order valence-electron chi connectivity index (χ0n) is 18.9. The fourth-order valence-electron chi connectivity index (χ4n) is 3.26. The smallest absolute Gasteiger partial charge is 0.356 e. The molecule has 0 radical (unpaired) electrons. The van der Waals surface area contributed by atoms with Crippen LogP contribution in [0.15, 0.2) is 88.7 Å². The summed E-state index contributed by atoms with van der Waals surface area (Å²) in [7, 11) is -7.48. The number of nitrogens with zero attached hydrogens (tertiary/aromatic N) is 1. The summed E-state index contributed by atoms with van der Waals surface area (Å²) in [4.78, 5) is 12.5. The number of benzene rings is 3. The first-order chi connectivity index (χ1) is 16.4. The van der Waals surface area contributed by atoms with Crippen LogP contribution in [-0.2, 0) is 24.8 Å². The number of fused-ring (bicyclic) bond motifs is 1. The highest BCUT2D eigenvalue weighted by Gasteiger charge is 2.27. The second-order valence-corrected chi connectivity index (χ2v) is 11.2. The van der Waals surface area contributed by atoms with Crippen LogP contribution in [0.1, 0.15) is 23.0 Å². The third-order valence-electron chi connectivity index (χ3n) is 4.80. The molecule has 0 unspecified atom stereocenters. The molecule has 4 rings (SSSR count). The van der Waals surface area contributed by atoms with Crippen LogP contribution >= 0.6 is 11.6 Å². The molecule has 184 valence electrons. The van der Waals surface area contributed by atoms with Gasteiger partial charge in [-0.1, -0.05) is 41.9 Å². The third kappa shape index (κ3) is 6.09. The molecular weight excluding hydrogens is 512 g/mol. The molecule has 3 aromatic carbocycles. The molecule has 11 heteroatoms. The van der Waals surface area contributed by atoms with Crippen LogP contribution in [0.2, 0.25) is 5.02 Å². The zero-order chi connectivity index (χ0) is 25.8. The van der Waals surface area contributed by atoms with Gasteiger partial charge in [-0.15, -0.1) is 0 Å². The maximum Gasteiger partial charge on any atom is 0.356 e. The van der Waals surface area contributed by atoms with E-state index in [1.165, 1.54) is 30.3 Å². The Hall–Kier alpha value is -3.18. The molecule has 0 spiro atoms. The van der Waals surface area contributed by atoms with Crippen molar-refractivity contribution < 1.29 is 26.4 Å². The van der Waals surface area contributed by atoms with Gasteiger partial charge in [0.2, 0.25) is 10.0 Å². The molecule has 35 heavy (non-hydrogen) atoms. The molecule has 0 aliphatic heterocycles. The Bertz CT molecular complexity index is 1580. The molecule has 0 aliphatic rings. The van der Waals surface area contributed by atoms with Gasteiger partial charge in [0.15, 0.2) is 0 Å². The second kappa shape index (κ2) is 10.6. The molecular formula is C24H23ClN2O6S2. The van der Waals surface area contributed by atoms with Crippen molar-refractivity contribution in [2.24, 2.45) is 5.14 Å². The molecule has 0 atom stereocenters. The fourth-order valence-corrected chi connectivity index (χ4v) is 5.58. The lowest BCUT2D eigenvalue weighted by molar-refractivity contribution is 0.0518. The molecule has 1 aromatic heterocycles. The van der Waals surface area contributed by atoms with E-state index in [9.17, 15) is 21.6 Å². The Morgan fingerprint density at radius 1 is 0.914 bits per heavy atom. The van der Waals surface area contributed by atoms with Crippen molar-refractivity contribution >= 4 is 48.5 Å². The summed E-state index contributed by atoms with van der Waals surface area (Å²) in [6.45, 7) is 3.62. The number of primary sulfonamides is 1. The third-order valence-corrected chi connectivity index (χ3v) is 7.69. The maximum absolute atomic E-state index is 13.0. The molecule has 0 bridgehead atoms. The van der Waals surface area contributed by atoms with E-state index in [-0.39, 0.29) is 22.1 Å². The monoisotopic (exact) mass is 534 g/mol. The Balaban J connectivity index is 0.000000261. The number of hydrogen-bond acceptors (Lipinski definition) is 6. The van der Waals surface area contributed by atoms with Crippen LogP contribution in [0.25, 0.3) is 10.9 Å². The number of ether oxygens (including phenoxy) is 1. The summed E-state index contributed by atoms with van der Waals surface area (Å²) in [6, 6.07) is 20.6. The minimum atomic E-state index is -3.96. The summed E-state index contributed by atoms with van der Waals surface area (Å²) in [5.41, 5.74) is 1.20. The quantitative estimate of drug-likeness (QED) is 0.379. The van der Waals surface area contributed by atoms with Crippen LogP contribution in [0.3, 0.4) is 0 Å². The van der Waals surface area contributed by atoms with Crippen LogP contribution in [0.5, 0.6) is 0 Å². The average Bonchev–Trinajstić information content (AvgIpc) is 3.19. The van der Waals surface area contributed by atoms with Gasteiger partial charge in [0.05, 0.1) is 21.9 Å². The molecule has 0 aliphatic carbocycles. The molecule has 1 heterocycles. The summed E-state index contributed by atoms with van der Waals surface area (Å²) in [5, 5.41) is 5.90. The van der Waals surface area contributed by atoms with Gasteiger partial charge in [-0.05, 0) is 67.9 Å². The van der Waals surface area contributed by atoms with E-state index in [0.717, 1.165) is 9.54 Å². The minimum Gasteiger partial charge on any atom is -0.461 e. The Labute approximate surface area is 209 Å². The number of nitrogens with two attached hydrogens (primary N) is 1. The highest BCUT2D eigenvalue weighted by molar-refractivity contribution is 7.90. The number of rotatable bonds is 5. The molecule has 8 nitrogen and oxygen atoms in total. The fraction of sp³-hybridized carbons (Fsp3) is 0.125. The largest absolute Gasteiger partial charge is 0.461 e. The van der Waals surface area contributed by atoms with Gasteiger partial charge in [-0.3, -0.25) is 0 Å². The molecule has 0 saturated carbocycles. The standard InChI is InChI=1S/C17H14ClNO4S.C7H9NO2S/c1-2-23-17(20)16-11-12-10-13(18)8-9-15(12)19(16)24(21,22)14-6-4-3-5-7-14;1-6-3-2-4-7(5-6)11(8,9)10/h3-11H,2H2,1H3;2-5H,1H3,(H2,8,9,10). The number of esters is 1. The van der Waals surface area contributed by atoms with Gasteiger partial charge in [-0.2, -0.15) is 0 Å². The molecule has 0 fully saturated rings. The van der Waals surface area contributed by atoms with Gasteiger partial charge in [0.25, 0.3) is 10.0 Å². The van der Waals surface area contributed by atoms with Crippen molar-refractivity contribution in [3.05, 3.63) is 95.1 Å². The number of aromatic nitrogens is 1. The first kappa shape index (κ1) is 26.4. The van der Waals surface area contributed by atoms with Gasteiger partial charge in [0.1, 0.15) is 5.69 Å². The molecule has 2 N–H and O–H groups in total. The van der Waals surface area contributed by atoms with E-state index in [1.54, 1.807) is 49.4 Å². The van der Waals surface area contributed by atoms with Crippen LogP contribution in [0, 0.1) is 6.92 Å². The SMILES string of the molecule is CCOC(=O)c1cc2cc(Cl)ccc2n1S(=O)(=O)c1ccccc1.Cc1cccc(S(N)(=O)=O)c1. The van der Waals surface area contributed by atoms with Gasteiger partial charge >= 0.3 is 5.97 Å². The van der Waals surface area contributed by atoms with E-state index >= 15 is 0 Å². The predicted octanol–water partition coefficient (Wildman–Crippen LogP) is 4.35. The van der Waals surface area contributed by atoms with Crippen molar-refractivity contribution in [1.29, 1.82) is 0 Å². The zero-order valence-corrected chi connectivity index (χ0v) is 21.3.